The van der Waals surface area contributed by atoms with Crippen molar-refractivity contribution in [3.63, 3.8) is 0 Å². The van der Waals surface area contributed by atoms with Crippen LogP contribution in [0.3, 0.4) is 0 Å². The average Bonchev–Trinajstić information content (AvgIpc) is 2.61. The maximum Gasteiger partial charge on any atom is 0.123 e. The Bertz CT molecular complexity index is 695. The first-order valence-electron chi connectivity index (χ1n) is 8.22. The fraction of sp³-hybridized carbons (Fsp3) is 0.300. The number of hydrogen-bond donors (Lipinski definition) is 1. The molecule has 1 aliphatic rings. The molecule has 0 saturated carbocycles. The van der Waals surface area contributed by atoms with E-state index in [1.165, 1.54) is 29.8 Å². The van der Waals surface area contributed by atoms with Crippen LogP contribution in [0.5, 0.6) is 0 Å². The summed E-state index contributed by atoms with van der Waals surface area (Å²) in [5.74, 6) is -0.507. The lowest BCUT2D eigenvalue weighted by Gasteiger charge is -2.27. The summed E-state index contributed by atoms with van der Waals surface area (Å²) in [4.78, 5) is 2.28. The van der Waals surface area contributed by atoms with Gasteiger partial charge in [-0.05, 0) is 53.8 Å². The average molecular weight is 329 g/mol. The third-order valence-corrected chi connectivity index (χ3v) is 4.48. The molecule has 1 atom stereocenters. The van der Waals surface area contributed by atoms with Crippen molar-refractivity contribution < 1.29 is 13.9 Å². The number of aliphatic hydroxyl groups is 1. The SMILES string of the molecule is OC(CCN1CC=C(c2ccc(F)cc2)CC1)c1ccc(F)cc1. The normalized spacial score (nSPS) is 16.7. The summed E-state index contributed by atoms with van der Waals surface area (Å²) in [6, 6.07) is 12.6. The summed E-state index contributed by atoms with van der Waals surface area (Å²) in [7, 11) is 0. The minimum atomic E-state index is -0.576. The number of aliphatic hydroxyl groups excluding tert-OH is 1. The van der Waals surface area contributed by atoms with E-state index in [2.05, 4.69) is 11.0 Å². The standard InChI is InChI=1S/C20H21F2NO/c21-18-5-1-15(2-6-18)16-9-12-23(13-10-16)14-11-20(24)17-3-7-19(22)8-4-17/h1-9,20,24H,10-14H2. The second-order valence-electron chi connectivity index (χ2n) is 6.14. The monoisotopic (exact) mass is 329 g/mol. The number of nitrogens with zero attached hydrogens (tertiary/aromatic N) is 1. The molecule has 3 rings (SSSR count). The van der Waals surface area contributed by atoms with Gasteiger partial charge >= 0.3 is 0 Å². The first-order chi connectivity index (χ1) is 11.6. The molecule has 0 amide bonds. The van der Waals surface area contributed by atoms with Crippen LogP contribution in [-0.2, 0) is 0 Å². The van der Waals surface area contributed by atoms with Gasteiger partial charge in [0.05, 0.1) is 6.10 Å². The zero-order chi connectivity index (χ0) is 16.9. The van der Waals surface area contributed by atoms with Gasteiger partial charge in [-0.3, -0.25) is 4.90 Å². The van der Waals surface area contributed by atoms with Crippen molar-refractivity contribution in [3.05, 3.63) is 77.4 Å². The molecule has 4 heteroatoms. The van der Waals surface area contributed by atoms with Gasteiger partial charge in [0.2, 0.25) is 0 Å². The molecule has 0 saturated heterocycles. The molecule has 2 aromatic rings. The van der Waals surface area contributed by atoms with Crippen molar-refractivity contribution >= 4 is 5.57 Å². The van der Waals surface area contributed by atoms with Crippen LogP contribution in [0.25, 0.3) is 5.57 Å². The third-order valence-electron chi connectivity index (χ3n) is 4.48. The van der Waals surface area contributed by atoms with Crippen LogP contribution in [0.15, 0.2) is 54.6 Å². The quantitative estimate of drug-likeness (QED) is 0.889. The van der Waals surface area contributed by atoms with Crippen LogP contribution >= 0.6 is 0 Å². The van der Waals surface area contributed by atoms with Gasteiger partial charge in [0.1, 0.15) is 11.6 Å². The Morgan fingerprint density at radius 3 is 2.17 bits per heavy atom. The lowest BCUT2D eigenvalue weighted by molar-refractivity contribution is 0.145. The van der Waals surface area contributed by atoms with Crippen LogP contribution in [0, 0.1) is 11.6 Å². The van der Waals surface area contributed by atoms with Crippen molar-refractivity contribution in [2.75, 3.05) is 19.6 Å². The molecule has 0 fully saturated rings. The predicted molar refractivity (Wildman–Crippen MR) is 91.4 cm³/mol. The highest BCUT2D eigenvalue weighted by Gasteiger charge is 2.15. The summed E-state index contributed by atoms with van der Waals surface area (Å²) in [5, 5.41) is 10.2. The second kappa shape index (κ2) is 7.69. The van der Waals surface area contributed by atoms with Gasteiger partial charge in [0.15, 0.2) is 0 Å². The van der Waals surface area contributed by atoms with E-state index in [9.17, 15) is 13.9 Å². The molecule has 24 heavy (non-hydrogen) atoms. The van der Waals surface area contributed by atoms with Gasteiger partial charge in [-0.1, -0.05) is 30.3 Å². The van der Waals surface area contributed by atoms with Gasteiger partial charge in [-0.2, -0.15) is 0 Å². The molecule has 0 aromatic heterocycles. The number of hydrogen-bond acceptors (Lipinski definition) is 2. The predicted octanol–water partition coefficient (Wildman–Crippen LogP) is 4.18. The summed E-state index contributed by atoms with van der Waals surface area (Å²) in [6.07, 6.45) is 3.12. The summed E-state index contributed by atoms with van der Waals surface area (Å²) in [5.41, 5.74) is 3.06. The van der Waals surface area contributed by atoms with Gasteiger partial charge in [0.25, 0.3) is 0 Å². The van der Waals surface area contributed by atoms with E-state index in [-0.39, 0.29) is 11.6 Å². The molecule has 1 unspecified atom stereocenters. The van der Waals surface area contributed by atoms with Crippen LogP contribution in [0.1, 0.15) is 30.1 Å². The number of rotatable bonds is 5. The van der Waals surface area contributed by atoms with Crippen molar-refractivity contribution in [2.24, 2.45) is 0 Å². The maximum atomic E-state index is 13.0. The minimum Gasteiger partial charge on any atom is -0.388 e. The first-order valence-corrected chi connectivity index (χ1v) is 8.22. The third kappa shape index (κ3) is 4.28. The Balaban J connectivity index is 1.51. The van der Waals surface area contributed by atoms with Crippen LogP contribution in [-0.4, -0.2) is 29.6 Å². The minimum absolute atomic E-state index is 0.216. The van der Waals surface area contributed by atoms with Gasteiger partial charge < -0.3 is 5.11 Å². The van der Waals surface area contributed by atoms with Crippen molar-refractivity contribution in [2.45, 2.75) is 18.9 Å². The van der Waals surface area contributed by atoms with Crippen molar-refractivity contribution in [1.29, 1.82) is 0 Å². The lowest BCUT2D eigenvalue weighted by Crippen LogP contribution is -2.30. The van der Waals surface area contributed by atoms with E-state index in [1.54, 1.807) is 12.1 Å². The molecule has 1 N–H and O–H groups in total. The zero-order valence-corrected chi connectivity index (χ0v) is 13.5. The fourth-order valence-electron chi connectivity index (χ4n) is 3.00. The molecule has 0 bridgehead atoms. The van der Waals surface area contributed by atoms with E-state index in [0.717, 1.165) is 37.2 Å². The first kappa shape index (κ1) is 16.8. The van der Waals surface area contributed by atoms with Crippen molar-refractivity contribution in [1.82, 2.24) is 4.90 Å². The number of benzene rings is 2. The molecule has 0 radical (unpaired) electrons. The Labute approximate surface area is 141 Å². The maximum absolute atomic E-state index is 13.0. The van der Waals surface area contributed by atoms with Crippen LogP contribution < -0.4 is 0 Å². The Hall–Kier alpha value is -2.04. The Morgan fingerprint density at radius 2 is 1.58 bits per heavy atom. The molecule has 2 nitrogen and oxygen atoms in total. The van der Waals surface area contributed by atoms with E-state index >= 15 is 0 Å². The molecule has 2 aromatic carbocycles. The van der Waals surface area contributed by atoms with Gasteiger partial charge in [-0.25, -0.2) is 8.78 Å². The molecule has 0 spiro atoms. The van der Waals surface area contributed by atoms with Crippen LogP contribution in [0.4, 0.5) is 8.78 Å². The summed E-state index contributed by atoms with van der Waals surface area (Å²) >= 11 is 0. The highest BCUT2D eigenvalue weighted by atomic mass is 19.1. The molecular formula is C20H21F2NO. The highest BCUT2D eigenvalue weighted by Crippen LogP contribution is 2.24. The lowest BCUT2D eigenvalue weighted by atomic mass is 9.99. The molecule has 126 valence electrons. The molecule has 0 aliphatic carbocycles. The molecule has 1 aliphatic heterocycles. The number of halogens is 2. The van der Waals surface area contributed by atoms with Crippen molar-refractivity contribution in [3.8, 4) is 0 Å². The largest absolute Gasteiger partial charge is 0.388 e. The van der Waals surface area contributed by atoms with E-state index in [0.29, 0.717) is 6.42 Å². The summed E-state index contributed by atoms with van der Waals surface area (Å²) < 4.78 is 25.9. The van der Waals surface area contributed by atoms with E-state index in [1.807, 2.05) is 12.1 Å². The van der Waals surface area contributed by atoms with Gasteiger partial charge in [-0.15, -0.1) is 0 Å². The summed E-state index contributed by atoms with van der Waals surface area (Å²) in [6.45, 7) is 2.52. The topological polar surface area (TPSA) is 23.5 Å². The van der Waals surface area contributed by atoms with E-state index in [4.69, 9.17) is 0 Å². The van der Waals surface area contributed by atoms with Crippen LogP contribution in [0.2, 0.25) is 0 Å². The Kier molecular flexibility index (Phi) is 5.38. The second-order valence-corrected chi connectivity index (χ2v) is 6.14. The van der Waals surface area contributed by atoms with Gasteiger partial charge in [0, 0.05) is 19.6 Å². The highest BCUT2D eigenvalue weighted by molar-refractivity contribution is 5.66. The van der Waals surface area contributed by atoms with E-state index < -0.39 is 6.10 Å². The molecular weight excluding hydrogens is 308 g/mol. The Morgan fingerprint density at radius 1 is 0.958 bits per heavy atom. The fourth-order valence-corrected chi connectivity index (χ4v) is 3.00. The zero-order valence-electron chi connectivity index (χ0n) is 13.5. The molecule has 1 heterocycles. The smallest absolute Gasteiger partial charge is 0.123 e.